The van der Waals surface area contributed by atoms with Crippen molar-refractivity contribution in [2.75, 3.05) is 0 Å². The fraction of sp³-hybridized carbons (Fsp3) is 0.211. The summed E-state index contributed by atoms with van der Waals surface area (Å²) < 4.78 is 1.38. The Morgan fingerprint density at radius 3 is 2.88 bits per heavy atom. The van der Waals surface area contributed by atoms with Crippen LogP contribution in [0.15, 0.2) is 53.6 Å². The molecule has 0 aliphatic heterocycles. The van der Waals surface area contributed by atoms with E-state index in [4.69, 9.17) is 11.6 Å². The standard InChI is InChI=1S/C19H18ClN3O2/c1-12-6-7-23-17(8-12)21-11-16(19(23)25)18(24)22-13(2)9-14-4-3-5-15(20)10-14/h3-8,10-11,13H,9H2,1-2H3,(H,22,24). The van der Waals surface area contributed by atoms with Gasteiger partial charge in [-0.3, -0.25) is 14.0 Å². The van der Waals surface area contributed by atoms with Crippen LogP contribution in [0.5, 0.6) is 0 Å². The predicted molar refractivity (Wildman–Crippen MR) is 98.3 cm³/mol. The lowest BCUT2D eigenvalue weighted by Crippen LogP contribution is -2.38. The molecule has 0 bridgehead atoms. The number of aryl methyl sites for hydroxylation is 1. The molecule has 1 aromatic carbocycles. The number of fused-ring (bicyclic) bond motifs is 1. The van der Waals surface area contributed by atoms with Gasteiger partial charge in [0.25, 0.3) is 11.5 Å². The van der Waals surface area contributed by atoms with Crippen molar-refractivity contribution in [3.05, 3.63) is 80.9 Å². The minimum absolute atomic E-state index is 0.0271. The SMILES string of the molecule is Cc1ccn2c(=O)c(C(=O)NC(C)Cc3cccc(Cl)c3)cnc2c1. The Morgan fingerprint density at radius 1 is 1.32 bits per heavy atom. The van der Waals surface area contributed by atoms with E-state index in [2.05, 4.69) is 10.3 Å². The van der Waals surface area contributed by atoms with Gasteiger partial charge in [-0.25, -0.2) is 4.98 Å². The summed E-state index contributed by atoms with van der Waals surface area (Å²) in [4.78, 5) is 29.2. The number of pyridine rings is 1. The monoisotopic (exact) mass is 355 g/mol. The van der Waals surface area contributed by atoms with Crippen LogP contribution in [0.25, 0.3) is 5.65 Å². The molecule has 0 fully saturated rings. The molecule has 3 aromatic rings. The lowest BCUT2D eigenvalue weighted by molar-refractivity contribution is 0.0938. The molecule has 1 amide bonds. The van der Waals surface area contributed by atoms with E-state index in [1.807, 2.05) is 32.0 Å². The fourth-order valence-electron chi connectivity index (χ4n) is 2.70. The molecular formula is C19H18ClN3O2. The summed E-state index contributed by atoms with van der Waals surface area (Å²) in [6, 6.07) is 10.9. The zero-order valence-electron chi connectivity index (χ0n) is 14.0. The number of aromatic nitrogens is 2. The van der Waals surface area contributed by atoms with Gasteiger partial charge in [-0.2, -0.15) is 0 Å². The van der Waals surface area contributed by atoms with Gasteiger partial charge in [0, 0.05) is 23.5 Å². The van der Waals surface area contributed by atoms with Crippen LogP contribution in [0, 0.1) is 6.92 Å². The van der Waals surface area contributed by atoms with Crippen molar-refractivity contribution >= 4 is 23.2 Å². The highest BCUT2D eigenvalue weighted by Crippen LogP contribution is 2.12. The van der Waals surface area contributed by atoms with Crippen LogP contribution < -0.4 is 10.9 Å². The van der Waals surface area contributed by atoms with Gasteiger partial charge >= 0.3 is 0 Å². The number of halogens is 1. The van der Waals surface area contributed by atoms with Crippen molar-refractivity contribution in [3.63, 3.8) is 0 Å². The van der Waals surface area contributed by atoms with E-state index in [1.165, 1.54) is 10.6 Å². The van der Waals surface area contributed by atoms with Crippen LogP contribution in [-0.4, -0.2) is 21.3 Å². The maximum atomic E-state index is 12.5. The molecule has 0 radical (unpaired) electrons. The van der Waals surface area contributed by atoms with E-state index in [0.29, 0.717) is 17.1 Å². The number of amides is 1. The van der Waals surface area contributed by atoms with Crippen LogP contribution in [-0.2, 0) is 6.42 Å². The molecule has 3 rings (SSSR count). The molecule has 1 N–H and O–H groups in total. The Hall–Kier alpha value is -2.66. The average Bonchev–Trinajstić information content (AvgIpc) is 2.54. The van der Waals surface area contributed by atoms with Gasteiger partial charge in [0.05, 0.1) is 0 Å². The van der Waals surface area contributed by atoms with Gasteiger partial charge in [0.1, 0.15) is 11.2 Å². The lowest BCUT2D eigenvalue weighted by atomic mass is 10.1. The Labute approximate surface area is 150 Å². The van der Waals surface area contributed by atoms with E-state index >= 15 is 0 Å². The molecule has 5 nitrogen and oxygen atoms in total. The van der Waals surface area contributed by atoms with Crippen molar-refractivity contribution in [2.45, 2.75) is 26.3 Å². The van der Waals surface area contributed by atoms with Gasteiger partial charge in [0.2, 0.25) is 0 Å². The van der Waals surface area contributed by atoms with Crippen LogP contribution in [0.2, 0.25) is 5.02 Å². The maximum absolute atomic E-state index is 12.5. The number of hydrogen-bond acceptors (Lipinski definition) is 3. The van der Waals surface area contributed by atoms with Crippen molar-refractivity contribution in [1.82, 2.24) is 14.7 Å². The average molecular weight is 356 g/mol. The molecular weight excluding hydrogens is 338 g/mol. The van der Waals surface area contributed by atoms with E-state index in [9.17, 15) is 9.59 Å². The number of carbonyl (C=O) groups is 1. The summed E-state index contributed by atoms with van der Waals surface area (Å²) >= 11 is 5.98. The molecule has 2 heterocycles. The summed E-state index contributed by atoms with van der Waals surface area (Å²) in [7, 11) is 0. The lowest BCUT2D eigenvalue weighted by Gasteiger charge is -2.14. The number of hydrogen-bond donors (Lipinski definition) is 1. The molecule has 25 heavy (non-hydrogen) atoms. The first-order chi connectivity index (χ1) is 11.9. The molecule has 0 aliphatic rings. The van der Waals surface area contributed by atoms with E-state index < -0.39 is 5.91 Å². The summed E-state index contributed by atoms with van der Waals surface area (Å²) in [5.74, 6) is -0.429. The van der Waals surface area contributed by atoms with Crippen LogP contribution in [0.4, 0.5) is 0 Å². The van der Waals surface area contributed by atoms with E-state index in [0.717, 1.165) is 11.1 Å². The topological polar surface area (TPSA) is 63.5 Å². The predicted octanol–water partition coefficient (Wildman–Crippen LogP) is 3.02. The van der Waals surface area contributed by atoms with Crippen LogP contribution in [0.1, 0.15) is 28.4 Å². The Kier molecular flexibility index (Phi) is 4.86. The quantitative estimate of drug-likeness (QED) is 0.782. The number of benzene rings is 1. The zero-order valence-corrected chi connectivity index (χ0v) is 14.7. The molecule has 1 atom stereocenters. The Morgan fingerprint density at radius 2 is 2.12 bits per heavy atom. The Bertz CT molecular complexity index is 997. The first-order valence-electron chi connectivity index (χ1n) is 7.97. The number of rotatable bonds is 4. The van der Waals surface area contributed by atoms with Crippen molar-refractivity contribution in [1.29, 1.82) is 0 Å². The molecule has 2 aromatic heterocycles. The second-order valence-corrected chi connectivity index (χ2v) is 6.55. The van der Waals surface area contributed by atoms with E-state index in [1.54, 1.807) is 24.4 Å². The molecule has 6 heteroatoms. The highest BCUT2D eigenvalue weighted by Gasteiger charge is 2.16. The van der Waals surface area contributed by atoms with Gasteiger partial charge < -0.3 is 5.32 Å². The maximum Gasteiger partial charge on any atom is 0.270 e. The summed E-state index contributed by atoms with van der Waals surface area (Å²) in [6.07, 6.45) is 3.58. The number of nitrogens with zero attached hydrogens (tertiary/aromatic N) is 2. The largest absolute Gasteiger partial charge is 0.349 e. The molecule has 0 aliphatic carbocycles. The molecule has 0 saturated heterocycles. The minimum atomic E-state index is -0.429. The Balaban J connectivity index is 1.79. The molecule has 128 valence electrons. The third-order valence-electron chi connectivity index (χ3n) is 3.92. The highest BCUT2D eigenvalue weighted by molar-refractivity contribution is 6.30. The molecule has 0 spiro atoms. The molecule has 0 saturated carbocycles. The number of nitrogens with one attached hydrogen (secondary N) is 1. The second-order valence-electron chi connectivity index (χ2n) is 6.12. The zero-order chi connectivity index (χ0) is 18.0. The smallest absolute Gasteiger partial charge is 0.270 e. The van der Waals surface area contributed by atoms with Gasteiger partial charge in [-0.15, -0.1) is 0 Å². The first-order valence-corrected chi connectivity index (χ1v) is 8.35. The van der Waals surface area contributed by atoms with E-state index in [-0.39, 0.29) is 17.2 Å². The second kappa shape index (κ2) is 7.07. The summed E-state index contributed by atoms with van der Waals surface area (Å²) in [5, 5.41) is 3.50. The van der Waals surface area contributed by atoms with Crippen LogP contribution in [0.3, 0.4) is 0 Å². The minimum Gasteiger partial charge on any atom is -0.349 e. The highest BCUT2D eigenvalue weighted by atomic mass is 35.5. The van der Waals surface area contributed by atoms with Crippen molar-refractivity contribution < 1.29 is 4.79 Å². The summed E-state index contributed by atoms with van der Waals surface area (Å²) in [6.45, 7) is 3.80. The third-order valence-corrected chi connectivity index (χ3v) is 4.15. The van der Waals surface area contributed by atoms with Gasteiger partial charge in [0.15, 0.2) is 0 Å². The summed E-state index contributed by atoms with van der Waals surface area (Å²) in [5.41, 5.74) is 2.19. The van der Waals surface area contributed by atoms with Crippen molar-refractivity contribution in [3.8, 4) is 0 Å². The van der Waals surface area contributed by atoms with Gasteiger partial charge in [-0.05, 0) is 55.7 Å². The van der Waals surface area contributed by atoms with Gasteiger partial charge in [-0.1, -0.05) is 23.7 Å². The normalized spacial score (nSPS) is 12.1. The molecule has 1 unspecified atom stereocenters. The van der Waals surface area contributed by atoms with Crippen LogP contribution >= 0.6 is 11.6 Å². The third kappa shape index (κ3) is 3.88. The first kappa shape index (κ1) is 17.2. The number of carbonyl (C=O) groups excluding carboxylic acids is 1. The fourth-order valence-corrected chi connectivity index (χ4v) is 2.92. The van der Waals surface area contributed by atoms with Crippen molar-refractivity contribution in [2.24, 2.45) is 0 Å².